The Labute approximate surface area is 173 Å². The number of nitrogens with one attached hydrogen (secondary N) is 1. The summed E-state index contributed by atoms with van der Waals surface area (Å²) in [5.41, 5.74) is 0.295. The van der Waals surface area contributed by atoms with E-state index in [1.54, 1.807) is 22.7 Å². The van der Waals surface area contributed by atoms with Crippen molar-refractivity contribution in [1.82, 2.24) is 9.62 Å². The second-order valence-electron chi connectivity index (χ2n) is 8.20. The number of carbonyl (C=O) groups is 1. The van der Waals surface area contributed by atoms with Gasteiger partial charge in [-0.3, -0.25) is 4.79 Å². The first-order valence-corrected chi connectivity index (χ1v) is 12.1. The lowest BCUT2D eigenvalue weighted by Crippen LogP contribution is -2.38. The summed E-state index contributed by atoms with van der Waals surface area (Å²) < 4.78 is 33.3. The number of piperidine rings is 1. The zero-order chi connectivity index (χ0) is 20.9. The van der Waals surface area contributed by atoms with Crippen LogP contribution >= 0.6 is 11.8 Å². The number of nitrogens with zero attached hydrogens (tertiary/aromatic N) is 1. The van der Waals surface area contributed by atoms with E-state index in [0.29, 0.717) is 42.6 Å². The molecule has 0 unspecified atom stereocenters. The Morgan fingerprint density at radius 2 is 1.93 bits per heavy atom. The third-order valence-corrected chi connectivity index (χ3v) is 7.44. The summed E-state index contributed by atoms with van der Waals surface area (Å²) in [7, 11) is -2.20. The van der Waals surface area contributed by atoms with Crippen molar-refractivity contribution in [2.45, 2.75) is 50.2 Å². The highest BCUT2D eigenvalue weighted by atomic mass is 32.2. The smallest absolute Gasteiger partial charge is 0.257 e. The van der Waals surface area contributed by atoms with E-state index in [4.69, 9.17) is 4.74 Å². The molecule has 0 saturated carbocycles. The molecule has 0 bridgehead atoms. The van der Waals surface area contributed by atoms with Crippen LogP contribution in [0.2, 0.25) is 0 Å². The van der Waals surface area contributed by atoms with Gasteiger partial charge in [-0.05, 0) is 37.0 Å². The standard InChI is InChI=1S/C20H32N2O4S2/c1-15-8-11-22(12-9-15)19(23)17-14-16(6-7-18(17)26-5)28(24,25)21-10-13-27-20(2,3)4/h6-7,14-15,21H,8-13H2,1-5H3. The molecule has 8 heteroatoms. The van der Waals surface area contributed by atoms with Crippen LogP contribution in [0.15, 0.2) is 23.1 Å². The summed E-state index contributed by atoms with van der Waals surface area (Å²) in [5.74, 6) is 1.50. The van der Waals surface area contributed by atoms with E-state index in [1.807, 2.05) is 0 Å². The van der Waals surface area contributed by atoms with Crippen LogP contribution in [-0.4, -0.2) is 56.5 Å². The molecule has 1 heterocycles. The number of rotatable bonds is 7. The minimum absolute atomic E-state index is 0.0804. The topological polar surface area (TPSA) is 75.7 Å². The van der Waals surface area contributed by atoms with Gasteiger partial charge in [0.25, 0.3) is 5.91 Å². The van der Waals surface area contributed by atoms with Gasteiger partial charge < -0.3 is 9.64 Å². The highest BCUT2D eigenvalue weighted by molar-refractivity contribution is 8.00. The van der Waals surface area contributed by atoms with Gasteiger partial charge in [0.1, 0.15) is 5.75 Å². The molecular weight excluding hydrogens is 396 g/mol. The minimum atomic E-state index is -3.69. The Morgan fingerprint density at radius 1 is 1.29 bits per heavy atom. The van der Waals surface area contributed by atoms with E-state index in [2.05, 4.69) is 32.4 Å². The Kier molecular flexibility index (Phi) is 7.81. The van der Waals surface area contributed by atoms with Crippen molar-refractivity contribution in [3.8, 4) is 5.75 Å². The molecule has 0 atom stereocenters. The first kappa shape index (κ1) is 23.0. The van der Waals surface area contributed by atoms with Gasteiger partial charge in [0.15, 0.2) is 0 Å². The Balaban J connectivity index is 2.15. The van der Waals surface area contributed by atoms with Crippen LogP contribution in [0.1, 0.15) is 50.9 Å². The molecular formula is C20H32N2O4S2. The summed E-state index contributed by atoms with van der Waals surface area (Å²) in [6, 6.07) is 4.46. The van der Waals surface area contributed by atoms with Crippen LogP contribution in [0.3, 0.4) is 0 Å². The van der Waals surface area contributed by atoms with Gasteiger partial charge in [-0.25, -0.2) is 13.1 Å². The summed E-state index contributed by atoms with van der Waals surface area (Å²) in [4.78, 5) is 14.8. The molecule has 1 amide bonds. The Morgan fingerprint density at radius 3 is 2.50 bits per heavy atom. The fourth-order valence-electron chi connectivity index (χ4n) is 3.02. The molecule has 1 fully saturated rings. The highest BCUT2D eigenvalue weighted by Gasteiger charge is 2.26. The Hall–Kier alpha value is -1.25. The summed E-state index contributed by atoms with van der Waals surface area (Å²) in [5, 5.41) is 0. The van der Waals surface area contributed by atoms with Gasteiger partial charge in [-0.15, -0.1) is 0 Å². The van der Waals surface area contributed by atoms with Crippen LogP contribution in [0.25, 0.3) is 0 Å². The minimum Gasteiger partial charge on any atom is -0.496 e. The average molecular weight is 429 g/mol. The van der Waals surface area contributed by atoms with E-state index < -0.39 is 10.0 Å². The molecule has 0 radical (unpaired) electrons. The van der Waals surface area contributed by atoms with E-state index in [9.17, 15) is 13.2 Å². The summed E-state index contributed by atoms with van der Waals surface area (Å²) in [6.07, 6.45) is 1.91. The number of amides is 1. The molecule has 1 saturated heterocycles. The van der Waals surface area contributed by atoms with Crippen molar-refractivity contribution in [3.05, 3.63) is 23.8 Å². The molecule has 2 rings (SSSR count). The average Bonchev–Trinajstić information content (AvgIpc) is 2.64. The Bertz CT molecular complexity index is 780. The van der Waals surface area contributed by atoms with Crippen molar-refractivity contribution in [3.63, 3.8) is 0 Å². The lowest BCUT2D eigenvalue weighted by atomic mass is 9.98. The number of ether oxygens (including phenoxy) is 1. The van der Waals surface area contributed by atoms with E-state index in [1.165, 1.54) is 19.2 Å². The zero-order valence-corrected chi connectivity index (χ0v) is 19.1. The molecule has 6 nitrogen and oxygen atoms in total. The van der Waals surface area contributed by atoms with Crippen LogP contribution in [0.4, 0.5) is 0 Å². The molecule has 1 aromatic rings. The molecule has 0 spiro atoms. The summed E-state index contributed by atoms with van der Waals surface area (Å²) in [6.45, 7) is 10.2. The fraction of sp³-hybridized carbons (Fsp3) is 0.650. The molecule has 28 heavy (non-hydrogen) atoms. The molecule has 158 valence electrons. The quantitative estimate of drug-likeness (QED) is 0.674. The third-order valence-electron chi connectivity index (χ3n) is 4.71. The molecule has 0 aliphatic carbocycles. The number of likely N-dealkylation sites (tertiary alicyclic amines) is 1. The van der Waals surface area contributed by atoms with Gasteiger partial charge in [-0.1, -0.05) is 27.7 Å². The van der Waals surface area contributed by atoms with Crippen LogP contribution in [0.5, 0.6) is 5.75 Å². The van der Waals surface area contributed by atoms with Gasteiger partial charge in [-0.2, -0.15) is 11.8 Å². The number of hydrogen-bond donors (Lipinski definition) is 1. The number of methoxy groups -OCH3 is 1. The first-order valence-electron chi connectivity index (χ1n) is 9.64. The number of hydrogen-bond acceptors (Lipinski definition) is 5. The first-order chi connectivity index (χ1) is 13.0. The third kappa shape index (κ3) is 6.39. The maximum Gasteiger partial charge on any atom is 0.257 e. The molecule has 1 N–H and O–H groups in total. The van der Waals surface area contributed by atoms with Gasteiger partial charge >= 0.3 is 0 Å². The maximum absolute atomic E-state index is 13.0. The maximum atomic E-state index is 13.0. The van der Waals surface area contributed by atoms with Crippen LogP contribution in [-0.2, 0) is 10.0 Å². The zero-order valence-electron chi connectivity index (χ0n) is 17.4. The SMILES string of the molecule is COc1ccc(S(=O)(=O)NCCSC(C)(C)C)cc1C(=O)N1CCC(C)CC1. The summed E-state index contributed by atoms with van der Waals surface area (Å²) >= 11 is 1.69. The van der Waals surface area contributed by atoms with Crippen molar-refractivity contribution in [1.29, 1.82) is 0 Å². The van der Waals surface area contributed by atoms with Crippen molar-refractivity contribution in [2.75, 3.05) is 32.5 Å². The van der Waals surface area contributed by atoms with Crippen molar-refractivity contribution in [2.24, 2.45) is 5.92 Å². The number of thioether (sulfide) groups is 1. The number of sulfonamides is 1. The van der Waals surface area contributed by atoms with Gasteiger partial charge in [0.2, 0.25) is 10.0 Å². The lowest BCUT2D eigenvalue weighted by molar-refractivity contribution is 0.0693. The van der Waals surface area contributed by atoms with Crippen LogP contribution < -0.4 is 9.46 Å². The predicted octanol–water partition coefficient (Wildman–Crippen LogP) is 3.38. The molecule has 1 aliphatic rings. The van der Waals surface area contributed by atoms with E-state index in [-0.39, 0.29) is 15.5 Å². The van der Waals surface area contributed by atoms with E-state index in [0.717, 1.165) is 12.8 Å². The van der Waals surface area contributed by atoms with Crippen LogP contribution in [0, 0.1) is 5.92 Å². The normalized spacial score (nSPS) is 16.2. The highest BCUT2D eigenvalue weighted by Crippen LogP contribution is 2.26. The lowest BCUT2D eigenvalue weighted by Gasteiger charge is -2.30. The predicted molar refractivity (Wildman–Crippen MR) is 115 cm³/mol. The molecule has 1 aliphatic heterocycles. The monoisotopic (exact) mass is 428 g/mol. The second-order valence-corrected chi connectivity index (χ2v) is 11.9. The fourth-order valence-corrected chi connectivity index (χ4v) is 5.02. The largest absolute Gasteiger partial charge is 0.496 e. The van der Waals surface area contributed by atoms with Crippen molar-refractivity contribution >= 4 is 27.7 Å². The van der Waals surface area contributed by atoms with Gasteiger partial charge in [0.05, 0.1) is 17.6 Å². The van der Waals surface area contributed by atoms with Gasteiger partial charge in [0, 0.05) is 30.1 Å². The van der Waals surface area contributed by atoms with Crippen molar-refractivity contribution < 1.29 is 17.9 Å². The number of carbonyl (C=O) groups excluding carboxylic acids is 1. The number of benzene rings is 1. The molecule has 1 aromatic carbocycles. The second kappa shape index (κ2) is 9.50. The van der Waals surface area contributed by atoms with E-state index >= 15 is 0 Å². The molecule has 0 aromatic heterocycles.